The monoisotopic (exact) mass is 608 g/mol. The topological polar surface area (TPSA) is 61.7 Å². The Morgan fingerprint density at radius 1 is 0.902 bits per heavy atom. The van der Waals surface area contributed by atoms with E-state index in [0.29, 0.717) is 13.1 Å². The Bertz CT molecular complexity index is 1490. The molecule has 41 heavy (non-hydrogen) atoms. The number of rotatable bonds is 8. The first-order valence-electron chi connectivity index (χ1n) is 14.4. The van der Waals surface area contributed by atoms with E-state index in [1.54, 1.807) is 6.07 Å². The summed E-state index contributed by atoms with van der Waals surface area (Å²) >= 11 is 3.62. The predicted molar refractivity (Wildman–Crippen MR) is 172 cm³/mol. The zero-order valence-electron chi connectivity index (χ0n) is 23.6. The standard InChI is InChI=1S/C36H37BrN2O2/c1-26-21-30(32-11-5-6-12-34(32)40)22-29(23-38-25-33(26)37)18-15-27-13-16-28(17-14-27)24-39-35(41)36(19-7-8-20-36)31-9-3-2-4-10-31/h2-6,9-14,16-17,21-22,25,40H,7-8,15,18-20,23-24H2,1H3,(H,39,41)/b29-22+,30-21+,33-26-,38-25-. The van der Waals surface area contributed by atoms with Gasteiger partial charge < -0.3 is 10.4 Å². The summed E-state index contributed by atoms with van der Waals surface area (Å²) in [5.74, 6) is 0.409. The molecule has 5 heteroatoms. The van der Waals surface area contributed by atoms with Gasteiger partial charge in [-0.1, -0.05) is 97.8 Å². The highest BCUT2D eigenvalue weighted by Gasteiger charge is 2.42. The van der Waals surface area contributed by atoms with Gasteiger partial charge in [0, 0.05) is 22.8 Å². The molecule has 0 radical (unpaired) electrons. The number of amides is 1. The number of allylic oxidation sites excluding steroid dienone is 5. The Hall–Kier alpha value is -3.70. The number of hydrogen-bond acceptors (Lipinski definition) is 3. The van der Waals surface area contributed by atoms with Gasteiger partial charge >= 0.3 is 0 Å². The van der Waals surface area contributed by atoms with Gasteiger partial charge in [-0.15, -0.1) is 0 Å². The number of para-hydroxylation sites is 1. The summed E-state index contributed by atoms with van der Waals surface area (Å²) in [6.45, 7) is 3.16. The summed E-state index contributed by atoms with van der Waals surface area (Å²) in [6, 6.07) is 26.3. The number of nitrogens with one attached hydrogen (secondary N) is 1. The van der Waals surface area contributed by atoms with Crippen molar-refractivity contribution in [3.63, 3.8) is 0 Å². The van der Waals surface area contributed by atoms with Crippen LogP contribution in [0.5, 0.6) is 5.75 Å². The molecular formula is C36H37BrN2O2. The molecule has 1 aliphatic carbocycles. The average Bonchev–Trinajstić information content (AvgIpc) is 3.52. The van der Waals surface area contributed by atoms with E-state index < -0.39 is 5.41 Å². The van der Waals surface area contributed by atoms with Crippen molar-refractivity contribution >= 4 is 33.6 Å². The molecule has 0 atom stereocenters. The Labute approximate surface area is 251 Å². The van der Waals surface area contributed by atoms with Crippen molar-refractivity contribution in [2.75, 3.05) is 6.54 Å². The molecule has 2 aliphatic rings. The van der Waals surface area contributed by atoms with E-state index >= 15 is 0 Å². The van der Waals surface area contributed by atoms with Crippen LogP contribution in [0.15, 0.2) is 112 Å². The normalized spacial score (nSPS) is 21.9. The zero-order chi connectivity index (χ0) is 28.7. The maximum absolute atomic E-state index is 13.4. The quantitative estimate of drug-likeness (QED) is 0.270. The molecule has 0 saturated heterocycles. The fourth-order valence-corrected chi connectivity index (χ4v) is 6.10. The number of phenols is 1. The van der Waals surface area contributed by atoms with Crippen LogP contribution < -0.4 is 5.32 Å². The molecule has 1 amide bonds. The number of halogens is 1. The van der Waals surface area contributed by atoms with Crippen molar-refractivity contribution in [2.24, 2.45) is 4.99 Å². The van der Waals surface area contributed by atoms with Gasteiger partial charge in [-0.05, 0) is 88.0 Å². The fraction of sp³-hybridized carbons (Fsp3) is 0.278. The van der Waals surface area contributed by atoms with Gasteiger partial charge in [0.25, 0.3) is 0 Å². The molecule has 0 spiro atoms. The lowest BCUT2D eigenvalue weighted by Crippen LogP contribution is -2.42. The van der Waals surface area contributed by atoms with Crippen LogP contribution in [0.1, 0.15) is 61.3 Å². The van der Waals surface area contributed by atoms with Crippen LogP contribution in [0.2, 0.25) is 0 Å². The Kier molecular flexibility index (Phi) is 9.35. The van der Waals surface area contributed by atoms with Crippen LogP contribution in [0.3, 0.4) is 0 Å². The van der Waals surface area contributed by atoms with Gasteiger partial charge in [0.15, 0.2) is 0 Å². The Balaban J connectivity index is 1.24. The first-order valence-corrected chi connectivity index (χ1v) is 15.2. The van der Waals surface area contributed by atoms with Gasteiger partial charge in [-0.25, -0.2) is 0 Å². The highest BCUT2D eigenvalue weighted by Crippen LogP contribution is 2.41. The number of aryl methyl sites for hydroxylation is 1. The SMILES string of the molecule is CC1=C(Br)\C=N/C/C(CCc2ccc(CNC(=O)C3(c4ccccc4)CCCC3)cc2)=C/C(c2ccccc2O)=C\1. The number of hydrogen-bond donors (Lipinski definition) is 2. The molecule has 1 saturated carbocycles. The van der Waals surface area contributed by atoms with Crippen LogP contribution >= 0.6 is 15.9 Å². The van der Waals surface area contributed by atoms with Gasteiger partial charge in [0.05, 0.1) is 12.0 Å². The van der Waals surface area contributed by atoms with Gasteiger partial charge in [-0.3, -0.25) is 9.79 Å². The number of benzene rings is 3. The molecule has 5 rings (SSSR count). The van der Waals surface area contributed by atoms with Crippen LogP contribution in [0.4, 0.5) is 0 Å². The number of carbonyl (C=O) groups excluding carboxylic acids is 1. The van der Waals surface area contributed by atoms with Gasteiger partial charge in [0.2, 0.25) is 5.91 Å². The number of nitrogens with zero attached hydrogens (tertiary/aromatic N) is 1. The molecule has 0 unspecified atom stereocenters. The summed E-state index contributed by atoms with van der Waals surface area (Å²) in [6.07, 6.45) is 11.9. The summed E-state index contributed by atoms with van der Waals surface area (Å²) in [4.78, 5) is 18.0. The maximum Gasteiger partial charge on any atom is 0.230 e. The van der Waals surface area contributed by atoms with E-state index in [1.807, 2.05) is 49.5 Å². The fourth-order valence-electron chi connectivity index (χ4n) is 5.84. The largest absolute Gasteiger partial charge is 0.507 e. The Morgan fingerprint density at radius 3 is 2.32 bits per heavy atom. The first kappa shape index (κ1) is 28.8. The minimum atomic E-state index is -0.401. The van der Waals surface area contributed by atoms with Crippen molar-refractivity contribution in [1.29, 1.82) is 0 Å². The Morgan fingerprint density at radius 2 is 1.59 bits per heavy atom. The minimum absolute atomic E-state index is 0.141. The van der Waals surface area contributed by atoms with E-state index in [2.05, 4.69) is 74.8 Å². The van der Waals surface area contributed by atoms with E-state index in [0.717, 1.165) is 70.8 Å². The van der Waals surface area contributed by atoms with Crippen molar-refractivity contribution in [2.45, 2.75) is 57.4 Å². The summed E-state index contributed by atoms with van der Waals surface area (Å²) in [5, 5.41) is 13.8. The number of carbonyl (C=O) groups is 1. The van der Waals surface area contributed by atoms with E-state index in [-0.39, 0.29) is 11.7 Å². The third-order valence-corrected chi connectivity index (χ3v) is 9.08. The molecule has 0 aromatic heterocycles. The molecule has 1 aliphatic heterocycles. The molecular weight excluding hydrogens is 572 g/mol. The molecule has 1 fully saturated rings. The predicted octanol–water partition coefficient (Wildman–Crippen LogP) is 8.22. The molecule has 2 N–H and O–H groups in total. The van der Waals surface area contributed by atoms with Crippen molar-refractivity contribution in [3.8, 4) is 5.75 Å². The van der Waals surface area contributed by atoms with Crippen molar-refractivity contribution in [3.05, 3.63) is 129 Å². The second-order valence-corrected chi connectivity index (χ2v) is 11.9. The van der Waals surface area contributed by atoms with Crippen LogP contribution in [0, 0.1) is 0 Å². The second-order valence-electron chi connectivity index (χ2n) is 11.1. The number of aliphatic imine (C=N–C) groups is 1. The van der Waals surface area contributed by atoms with E-state index in [1.165, 1.54) is 11.1 Å². The highest BCUT2D eigenvalue weighted by atomic mass is 79.9. The lowest BCUT2D eigenvalue weighted by Gasteiger charge is -2.28. The minimum Gasteiger partial charge on any atom is -0.507 e. The third-order valence-electron chi connectivity index (χ3n) is 8.25. The molecule has 3 aromatic rings. The zero-order valence-corrected chi connectivity index (χ0v) is 25.2. The third kappa shape index (κ3) is 6.97. The maximum atomic E-state index is 13.4. The molecule has 4 nitrogen and oxygen atoms in total. The summed E-state index contributed by atoms with van der Waals surface area (Å²) in [7, 11) is 0. The smallest absolute Gasteiger partial charge is 0.230 e. The number of phenolic OH excluding ortho intramolecular Hbond substituents is 1. The van der Waals surface area contributed by atoms with Crippen LogP contribution in [-0.4, -0.2) is 23.8 Å². The highest BCUT2D eigenvalue weighted by molar-refractivity contribution is 9.12. The van der Waals surface area contributed by atoms with Gasteiger partial charge in [-0.2, -0.15) is 0 Å². The first-order chi connectivity index (χ1) is 19.9. The summed E-state index contributed by atoms with van der Waals surface area (Å²) < 4.78 is 0.936. The molecule has 210 valence electrons. The van der Waals surface area contributed by atoms with Crippen LogP contribution in [-0.2, 0) is 23.2 Å². The van der Waals surface area contributed by atoms with Gasteiger partial charge in [0.1, 0.15) is 5.75 Å². The molecule has 0 bridgehead atoms. The second kappa shape index (κ2) is 13.3. The molecule has 3 aromatic carbocycles. The lowest BCUT2D eigenvalue weighted by molar-refractivity contribution is -0.126. The summed E-state index contributed by atoms with van der Waals surface area (Å²) in [5.41, 5.74) is 7.11. The molecule has 1 heterocycles. The van der Waals surface area contributed by atoms with Crippen LogP contribution in [0.25, 0.3) is 5.57 Å². The average molecular weight is 610 g/mol. The van der Waals surface area contributed by atoms with E-state index in [4.69, 9.17) is 0 Å². The van der Waals surface area contributed by atoms with Crippen molar-refractivity contribution in [1.82, 2.24) is 5.32 Å². The van der Waals surface area contributed by atoms with E-state index in [9.17, 15) is 9.90 Å². The lowest BCUT2D eigenvalue weighted by atomic mass is 9.78. The van der Waals surface area contributed by atoms with Crippen molar-refractivity contribution < 1.29 is 9.90 Å². The number of aromatic hydroxyl groups is 1.